The van der Waals surface area contributed by atoms with E-state index in [0.717, 1.165) is 6.42 Å². The lowest BCUT2D eigenvalue weighted by atomic mass is 9.92. The van der Waals surface area contributed by atoms with Crippen molar-refractivity contribution in [1.29, 1.82) is 0 Å². The van der Waals surface area contributed by atoms with Gasteiger partial charge in [-0.3, -0.25) is 4.79 Å². The molecule has 0 bridgehead atoms. The Labute approximate surface area is 108 Å². The number of likely N-dealkylation sites (tertiary alicyclic amines) is 1. The third-order valence-electron chi connectivity index (χ3n) is 3.64. The lowest BCUT2D eigenvalue weighted by Gasteiger charge is -2.36. The molecule has 1 aliphatic rings. The lowest BCUT2D eigenvalue weighted by molar-refractivity contribution is -0.153. The highest BCUT2D eigenvalue weighted by atomic mass is 16.5. The van der Waals surface area contributed by atoms with Crippen molar-refractivity contribution in [3.8, 4) is 0 Å². The van der Waals surface area contributed by atoms with Crippen LogP contribution in [0.3, 0.4) is 0 Å². The van der Waals surface area contributed by atoms with Gasteiger partial charge in [-0.25, -0.2) is 4.79 Å². The molecule has 1 fully saturated rings. The Morgan fingerprint density at radius 2 is 2.17 bits per heavy atom. The molecule has 5 heteroatoms. The van der Waals surface area contributed by atoms with Crippen LogP contribution in [0.25, 0.3) is 0 Å². The maximum Gasteiger partial charge on any atom is 0.326 e. The van der Waals surface area contributed by atoms with E-state index in [4.69, 9.17) is 4.74 Å². The van der Waals surface area contributed by atoms with Crippen LogP contribution in [0, 0.1) is 5.92 Å². The predicted molar refractivity (Wildman–Crippen MR) is 67.2 cm³/mol. The summed E-state index contributed by atoms with van der Waals surface area (Å²) >= 11 is 0. The molecular weight excluding hydrogens is 234 g/mol. The van der Waals surface area contributed by atoms with E-state index in [1.807, 2.05) is 13.8 Å². The molecule has 0 aromatic rings. The largest absolute Gasteiger partial charge is 0.480 e. The van der Waals surface area contributed by atoms with E-state index in [-0.39, 0.29) is 12.0 Å². The Morgan fingerprint density at radius 1 is 1.50 bits per heavy atom. The number of carboxylic acids is 1. The summed E-state index contributed by atoms with van der Waals surface area (Å²) in [4.78, 5) is 24.8. The first-order chi connectivity index (χ1) is 8.45. The van der Waals surface area contributed by atoms with Crippen molar-refractivity contribution < 1.29 is 19.4 Å². The number of methoxy groups -OCH3 is 1. The highest BCUT2D eigenvalue weighted by molar-refractivity contribution is 5.83. The fourth-order valence-corrected chi connectivity index (χ4v) is 2.26. The molecule has 3 atom stereocenters. The predicted octanol–water partition coefficient (Wildman–Crippen LogP) is 1.51. The standard InChI is InChI=1S/C13H23NO4/c1-9-6-7-14(11(8-9)13(16)17)12(15)5-4-10(2)18-3/h9-11H,4-8H2,1-3H3,(H,16,17). The van der Waals surface area contributed by atoms with Crippen LogP contribution in [0.5, 0.6) is 0 Å². The van der Waals surface area contributed by atoms with E-state index in [0.29, 0.717) is 31.7 Å². The number of piperidine rings is 1. The second-order valence-corrected chi connectivity index (χ2v) is 5.16. The van der Waals surface area contributed by atoms with Gasteiger partial charge in [0.15, 0.2) is 0 Å². The quantitative estimate of drug-likeness (QED) is 0.810. The molecule has 1 rings (SSSR count). The maximum absolute atomic E-state index is 12.0. The van der Waals surface area contributed by atoms with Gasteiger partial charge in [-0.2, -0.15) is 0 Å². The van der Waals surface area contributed by atoms with Gasteiger partial charge in [-0.05, 0) is 32.1 Å². The number of carboxylic acid groups (broad SMARTS) is 1. The number of amides is 1. The van der Waals surface area contributed by atoms with Gasteiger partial charge in [-0.1, -0.05) is 6.92 Å². The van der Waals surface area contributed by atoms with Gasteiger partial charge in [0, 0.05) is 20.1 Å². The Balaban J connectivity index is 2.56. The maximum atomic E-state index is 12.0. The number of aliphatic carboxylic acids is 1. The first kappa shape index (κ1) is 15.0. The number of hydrogen-bond donors (Lipinski definition) is 1. The summed E-state index contributed by atoms with van der Waals surface area (Å²) in [5.74, 6) is -0.596. The fourth-order valence-electron chi connectivity index (χ4n) is 2.26. The molecule has 0 aromatic heterocycles. The van der Waals surface area contributed by atoms with Gasteiger partial charge in [0.25, 0.3) is 0 Å². The Morgan fingerprint density at radius 3 is 2.72 bits per heavy atom. The van der Waals surface area contributed by atoms with E-state index < -0.39 is 12.0 Å². The molecule has 5 nitrogen and oxygen atoms in total. The number of carbonyl (C=O) groups excluding carboxylic acids is 1. The van der Waals surface area contributed by atoms with Crippen molar-refractivity contribution in [2.24, 2.45) is 5.92 Å². The number of ether oxygens (including phenoxy) is 1. The first-order valence-electron chi connectivity index (χ1n) is 6.50. The minimum absolute atomic E-state index is 0.0287. The SMILES string of the molecule is COC(C)CCC(=O)N1CCC(C)CC1C(=O)O. The third-order valence-corrected chi connectivity index (χ3v) is 3.64. The molecule has 1 saturated heterocycles. The molecule has 1 heterocycles. The zero-order chi connectivity index (χ0) is 13.7. The molecule has 0 spiro atoms. The molecule has 0 radical (unpaired) electrons. The molecule has 1 aliphatic heterocycles. The minimum Gasteiger partial charge on any atom is -0.480 e. The van der Waals surface area contributed by atoms with Crippen molar-refractivity contribution in [2.45, 2.75) is 51.7 Å². The van der Waals surface area contributed by atoms with Crippen LogP contribution in [0.1, 0.15) is 39.5 Å². The summed E-state index contributed by atoms with van der Waals surface area (Å²) in [6.45, 7) is 4.49. The summed E-state index contributed by atoms with van der Waals surface area (Å²) in [6, 6.07) is -0.654. The molecule has 18 heavy (non-hydrogen) atoms. The number of carbonyl (C=O) groups is 2. The third kappa shape index (κ3) is 3.98. The van der Waals surface area contributed by atoms with Crippen molar-refractivity contribution in [3.05, 3.63) is 0 Å². The van der Waals surface area contributed by atoms with Crippen LogP contribution in [-0.4, -0.2) is 47.7 Å². The van der Waals surface area contributed by atoms with Crippen LogP contribution >= 0.6 is 0 Å². The Kier molecular flexibility index (Phi) is 5.59. The summed E-state index contributed by atoms with van der Waals surface area (Å²) in [5.41, 5.74) is 0. The van der Waals surface area contributed by atoms with E-state index in [1.54, 1.807) is 7.11 Å². The topological polar surface area (TPSA) is 66.8 Å². The van der Waals surface area contributed by atoms with Crippen LogP contribution in [0.2, 0.25) is 0 Å². The summed E-state index contributed by atoms with van der Waals surface area (Å²) in [7, 11) is 1.61. The molecule has 3 unspecified atom stereocenters. The molecule has 0 aromatic carbocycles. The van der Waals surface area contributed by atoms with Gasteiger partial charge in [0.1, 0.15) is 6.04 Å². The highest BCUT2D eigenvalue weighted by Crippen LogP contribution is 2.23. The summed E-state index contributed by atoms with van der Waals surface area (Å²) in [6.07, 6.45) is 2.46. The summed E-state index contributed by atoms with van der Waals surface area (Å²) in [5, 5.41) is 9.18. The smallest absolute Gasteiger partial charge is 0.326 e. The zero-order valence-corrected chi connectivity index (χ0v) is 11.4. The van der Waals surface area contributed by atoms with Gasteiger partial charge in [-0.15, -0.1) is 0 Å². The van der Waals surface area contributed by atoms with Crippen LogP contribution in [-0.2, 0) is 14.3 Å². The second-order valence-electron chi connectivity index (χ2n) is 5.16. The Bertz CT molecular complexity index is 305. The summed E-state index contributed by atoms with van der Waals surface area (Å²) < 4.78 is 5.09. The monoisotopic (exact) mass is 257 g/mol. The van der Waals surface area contributed by atoms with Crippen molar-refractivity contribution in [2.75, 3.05) is 13.7 Å². The average molecular weight is 257 g/mol. The van der Waals surface area contributed by atoms with Gasteiger partial charge in [0.05, 0.1) is 6.10 Å². The number of nitrogens with zero attached hydrogens (tertiary/aromatic N) is 1. The number of rotatable bonds is 5. The Hall–Kier alpha value is -1.10. The normalized spacial score (nSPS) is 25.8. The minimum atomic E-state index is -0.894. The van der Waals surface area contributed by atoms with Crippen molar-refractivity contribution in [1.82, 2.24) is 4.90 Å². The zero-order valence-electron chi connectivity index (χ0n) is 11.4. The van der Waals surface area contributed by atoms with Crippen molar-refractivity contribution in [3.63, 3.8) is 0 Å². The van der Waals surface area contributed by atoms with Gasteiger partial charge >= 0.3 is 5.97 Å². The van der Waals surface area contributed by atoms with Crippen LogP contribution < -0.4 is 0 Å². The fraction of sp³-hybridized carbons (Fsp3) is 0.846. The van der Waals surface area contributed by atoms with Crippen molar-refractivity contribution >= 4 is 11.9 Å². The molecule has 1 amide bonds. The molecule has 0 saturated carbocycles. The molecule has 0 aliphatic carbocycles. The average Bonchev–Trinajstić information content (AvgIpc) is 2.35. The van der Waals surface area contributed by atoms with Crippen LogP contribution in [0.4, 0.5) is 0 Å². The molecular formula is C13H23NO4. The lowest BCUT2D eigenvalue weighted by Crippen LogP contribution is -2.49. The molecule has 1 N–H and O–H groups in total. The van der Waals surface area contributed by atoms with Gasteiger partial charge < -0.3 is 14.7 Å². The van der Waals surface area contributed by atoms with E-state index >= 15 is 0 Å². The van der Waals surface area contributed by atoms with E-state index in [1.165, 1.54) is 4.90 Å². The number of hydrogen-bond acceptors (Lipinski definition) is 3. The second kappa shape index (κ2) is 6.73. The van der Waals surface area contributed by atoms with E-state index in [2.05, 4.69) is 0 Å². The van der Waals surface area contributed by atoms with Gasteiger partial charge in [0.2, 0.25) is 5.91 Å². The first-order valence-corrected chi connectivity index (χ1v) is 6.50. The highest BCUT2D eigenvalue weighted by Gasteiger charge is 2.34. The molecule has 104 valence electrons. The van der Waals surface area contributed by atoms with E-state index in [9.17, 15) is 14.7 Å². The van der Waals surface area contributed by atoms with Crippen LogP contribution in [0.15, 0.2) is 0 Å².